The Bertz CT molecular complexity index is 570. The van der Waals surface area contributed by atoms with E-state index in [-0.39, 0.29) is 28.6 Å². The van der Waals surface area contributed by atoms with Gasteiger partial charge in [0.15, 0.2) is 0 Å². The van der Waals surface area contributed by atoms with Gasteiger partial charge in [-0.05, 0) is 24.6 Å². The van der Waals surface area contributed by atoms with Gasteiger partial charge in [-0.1, -0.05) is 13.8 Å². The largest absolute Gasteiger partial charge is 0.478 e. The molecule has 1 aromatic rings. The molecule has 0 aliphatic carbocycles. The Balaban J connectivity index is 3.23. The van der Waals surface area contributed by atoms with Crippen molar-refractivity contribution >= 4 is 17.6 Å². The molecule has 0 spiro atoms. The predicted molar refractivity (Wildman–Crippen MR) is 76.9 cm³/mol. The van der Waals surface area contributed by atoms with E-state index in [0.29, 0.717) is 6.42 Å². The Labute approximate surface area is 122 Å². The number of benzene rings is 1. The Morgan fingerprint density at radius 3 is 2.48 bits per heavy atom. The van der Waals surface area contributed by atoms with Crippen LogP contribution in [0.4, 0.5) is 5.69 Å². The van der Waals surface area contributed by atoms with Crippen LogP contribution in [0.15, 0.2) is 18.2 Å². The number of amides is 1. The average Bonchev–Trinajstić information content (AvgIpc) is 2.45. The van der Waals surface area contributed by atoms with E-state index >= 15 is 0 Å². The van der Waals surface area contributed by atoms with Gasteiger partial charge in [-0.25, -0.2) is 4.79 Å². The van der Waals surface area contributed by atoms with E-state index in [9.17, 15) is 19.7 Å². The van der Waals surface area contributed by atoms with Crippen LogP contribution < -0.4 is 5.32 Å². The van der Waals surface area contributed by atoms with Crippen molar-refractivity contribution in [3.8, 4) is 0 Å². The number of carboxylic acids is 1. The van der Waals surface area contributed by atoms with Crippen molar-refractivity contribution in [2.75, 3.05) is 5.32 Å². The molecule has 1 amide bonds. The summed E-state index contributed by atoms with van der Waals surface area (Å²) in [4.78, 5) is 33.4. The van der Waals surface area contributed by atoms with Gasteiger partial charge in [-0.2, -0.15) is 0 Å². The zero-order valence-electron chi connectivity index (χ0n) is 12.1. The highest BCUT2D eigenvalue weighted by Gasteiger charge is 2.23. The molecular formula is C14H18N2O5. The number of rotatable bonds is 6. The molecule has 0 radical (unpaired) electrons. The molecule has 0 aliphatic rings. The predicted octanol–water partition coefficient (Wildman–Crippen LogP) is 2.71. The molecule has 0 saturated heterocycles. The molecule has 114 valence electrons. The fraction of sp³-hybridized carbons (Fsp3) is 0.429. The number of hydrogen-bond acceptors (Lipinski definition) is 4. The first-order chi connectivity index (χ1) is 9.77. The second kappa shape index (κ2) is 6.83. The molecule has 2 atom stereocenters. The van der Waals surface area contributed by atoms with Crippen LogP contribution in [0, 0.1) is 16.0 Å². The van der Waals surface area contributed by atoms with Crippen molar-refractivity contribution in [2.24, 2.45) is 5.92 Å². The number of nitro groups is 1. The number of anilines is 1. The smallest absolute Gasteiger partial charge is 0.335 e. The number of carboxylic acid groups (broad SMARTS) is 1. The molecule has 0 heterocycles. The van der Waals surface area contributed by atoms with Crippen LogP contribution in [0.3, 0.4) is 0 Å². The highest BCUT2D eigenvalue weighted by molar-refractivity contribution is 5.95. The van der Waals surface area contributed by atoms with Crippen LogP contribution in [0.25, 0.3) is 0 Å². The lowest BCUT2D eigenvalue weighted by Gasteiger charge is -2.15. The molecule has 2 N–H and O–H groups in total. The Morgan fingerprint density at radius 1 is 1.38 bits per heavy atom. The second-order valence-corrected chi connectivity index (χ2v) is 4.87. The van der Waals surface area contributed by atoms with Crippen LogP contribution in [-0.4, -0.2) is 21.9 Å². The number of nitrogens with one attached hydrogen (secondary N) is 1. The molecule has 0 saturated carbocycles. The van der Waals surface area contributed by atoms with Crippen molar-refractivity contribution in [3.63, 3.8) is 0 Å². The lowest BCUT2D eigenvalue weighted by molar-refractivity contribution is -0.524. The maximum absolute atomic E-state index is 11.9. The van der Waals surface area contributed by atoms with E-state index in [4.69, 9.17) is 5.11 Å². The minimum Gasteiger partial charge on any atom is -0.478 e. The molecule has 1 aromatic carbocycles. The Morgan fingerprint density at radius 2 is 2.00 bits per heavy atom. The normalized spacial score (nSPS) is 13.3. The van der Waals surface area contributed by atoms with Gasteiger partial charge in [0.2, 0.25) is 11.9 Å². The van der Waals surface area contributed by atoms with Gasteiger partial charge in [0.25, 0.3) is 0 Å². The molecule has 0 aromatic heterocycles. The minimum absolute atomic E-state index is 0.0336. The average molecular weight is 294 g/mol. The highest BCUT2D eigenvalue weighted by Crippen LogP contribution is 2.27. The van der Waals surface area contributed by atoms with Crippen molar-refractivity contribution in [1.82, 2.24) is 0 Å². The van der Waals surface area contributed by atoms with Gasteiger partial charge in [0.05, 0.1) is 11.3 Å². The summed E-state index contributed by atoms with van der Waals surface area (Å²) < 4.78 is 0. The first-order valence-corrected chi connectivity index (χ1v) is 6.59. The number of carbonyl (C=O) groups excluding carboxylic acids is 1. The summed E-state index contributed by atoms with van der Waals surface area (Å²) in [6.45, 7) is 4.96. The molecule has 1 rings (SSSR count). The molecule has 0 fully saturated rings. The molecule has 7 heteroatoms. The summed E-state index contributed by atoms with van der Waals surface area (Å²) in [6.07, 6.45) is 0.616. The summed E-state index contributed by atoms with van der Waals surface area (Å²) in [5, 5.41) is 22.5. The van der Waals surface area contributed by atoms with Crippen molar-refractivity contribution in [2.45, 2.75) is 33.2 Å². The Hall–Kier alpha value is -2.44. The van der Waals surface area contributed by atoms with Crippen LogP contribution in [0.2, 0.25) is 0 Å². The topological polar surface area (TPSA) is 110 Å². The Kier molecular flexibility index (Phi) is 5.40. The third-order valence-corrected chi connectivity index (χ3v) is 3.38. The molecule has 0 bridgehead atoms. The van der Waals surface area contributed by atoms with E-state index in [2.05, 4.69) is 5.32 Å². The zero-order chi connectivity index (χ0) is 16.2. The quantitative estimate of drug-likeness (QED) is 0.619. The number of carbonyl (C=O) groups is 2. The van der Waals surface area contributed by atoms with E-state index < -0.39 is 16.9 Å². The molecule has 0 aliphatic heterocycles. The van der Waals surface area contributed by atoms with Gasteiger partial charge in [-0.15, -0.1) is 0 Å². The van der Waals surface area contributed by atoms with Gasteiger partial charge in [0.1, 0.15) is 0 Å². The zero-order valence-corrected chi connectivity index (χ0v) is 12.1. The van der Waals surface area contributed by atoms with Crippen LogP contribution >= 0.6 is 0 Å². The van der Waals surface area contributed by atoms with Gasteiger partial charge < -0.3 is 10.4 Å². The number of nitrogens with zero attached hydrogens (tertiary/aromatic N) is 1. The standard InChI is InChI=1S/C14H18N2O5/c1-4-8(2)13(17)15-12-7-10(14(18)19)5-6-11(12)9(3)16(20)21/h5-9H,4H2,1-3H3,(H,15,17)(H,18,19). The molecule has 2 unspecified atom stereocenters. The van der Waals surface area contributed by atoms with Gasteiger partial charge >= 0.3 is 5.97 Å². The number of aromatic carboxylic acids is 1. The third-order valence-electron chi connectivity index (χ3n) is 3.38. The summed E-state index contributed by atoms with van der Waals surface area (Å²) in [7, 11) is 0. The maximum atomic E-state index is 11.9. The summed E-state index contributed by atoms with van der Waals surface area (Å²) >= 11 is 0. The molecule has 21 heavy (non-hydrogen) atoms. The molecule has 7 nitrogen and oxygen atoms in total. The van der Waals surface area contributed by atoms with E-state index in [1.807, 2.05) is 6.92 Å². The minimum atomic E-state index is -1.16. The summed E-state index contributed by atoms with van der Waals surface area (Å²) in [5.74, 6) is -1.72. The van der Waals surface area contributed by atoms with E-state index in [1.54, 1.807) is 6.92 Å². The molecular weight excluding hydrogens is 276 g/mol. The van der Waals surface area contributed by atoms with Crippen molar-refractivity contribution < 1.29 is 19.6 Å². The van der Waals surface area contributed by atoms with Crippen LogP contribution in [0.5, 0.6) is 0 Å². The number of hydrogen-bond donors (Lipinski definition) is 2. The lowest BCUT2D eigenvalue weighted by atomic mass is 10.0. The third kappa shape index (κ3) is 4.01. The fourth-order valence-corrected chi connectivity index (χ4v) is 1.72. The van der Waals surface area contributed by atoms with Gasteiger partial charge in [0, 0.05) is 23.3 Å². The van der Waals surface area contributed by atoms with E-state index in [0.717, 1.165) is 0 Å². The first-order valence-electron chi connectivity index (χ1n) is 6.59. The van der Waals surface area contributed by atoms with E-state index in [1.165, 1.54) is 25.1 Å². The van der Waals surface area contributed by atoms with Crippen LogP contribution in [0.1, 0.15) is 49.2 Å². The second-order valence-electron chi connectivity index (χ2n) is 4.87. The monoisotopic (exact) mass is 294 g/mol. The van der Waals surface area contributed by atoms with Gasteiger partial charge in [-0.3, -0.25) is 14.9 Å². The highest BCUT2D eigenvalue weighted by atomic mass is 16.6. The van der Waals surface area contributed by atoms with Crippen molar-refractivity contribution in [3.05, 3.63) is 39.4 Å². The first kappa shape index (κ1) is 16.6. The maximum Gasteiger partial charge on any atom is 0.335 e. The summed E-state index contributed by atoms with van der Waals surface area (Å²) in [5.41, 5.74) is 0.416. The SMILES string of the molecule is CCC(C)C(=O)Nc1cc(C(=O)O)ccc1C(C)[N+](=O)[O-]. The van der Waals surface area contributed by atoms with Crippen molar-refractivity contribution in [1.29, 1.82) is 0 Å². The van der Waals surface area contributed by atoms with Crippen LogP contribution in [-0.2, 0) is 4.79 Å². The fourth-order valence-electron chi connectivity index (χ4n) is 1.72. The summed E-state index contributed by atoms with van der Waals surface area (Å²) in [6, 6.07) is 2.86. The lowest BCUT2D eigenvalue weighted by Crippen LogP contribution is -2.22.